The summed E-state index contributed by atoms with van der Waals surface area (Å²) in [6.07, 6.45) is 1.49. The summed E-state index contributed by atoms with van der Waals surface area (Å²) in [5, 5.41) is 51.0. The first-order valence-corrected chi connectivity index (χ1v) is 12.8. The predicted molar refractivity (Wildman–Crippen MR) is 138 cm³/mol. The Morgan fingerprint density at radius 3 is 1.86 bits per heavy atom. The van der Waals surface area contributed by atoms with E-state index in [9.17, 15) is 18.3 Å². The fraction of sp³-hybridized carbons (Fsp3) is 0.391. The summed E-state index contributed by atoms with van der Waals surface area (Å²) in [5.41, 5.74) is -0.258. The van der Waals surface area contributed by atoms with Gasteiger partial charge in [0.05, 0.1) is 31.3 Å². The van der Waals surface area contributed by atoms with Crippen LogP contribution in [0.4, 0.5) is 5.82 Å². The zero-order chi connectivity index (χ0) is 27.7. The topological polar surface area (TPSA) is 205 Å². The van der Waals surface area contributed by atoms with E-state index in [0.717, 1.165) is 4.31 Å². The molecule has 0 saturated heterocycles. The Kier molecular flexibility index (Phi) is 15.0. The standard InChI is InChI=1S/C15H13N3O4S.2C4H11NO2/c1-18-13(15(20)17-12-8-4-5-9-16-12)14(19)10-6-2-3-7-11(10)23(18,21)22;2*6-3-1-5-2-4-7/h2-9,19H,1H3,(H,16,17,20);2*5-7H,1-4H2. The molecule has 2 heterocycles. The lowest BCUT2D eigenvalue weighted by atomic mass is 10.1. The lowest BCUT2D eigenvalue weighted by molar-refractivity contribution is -0.113. The molecule has 0 bridgehead atoms. The van der Waals surface area contributed by atoms with Gasteiger partial charge in [-0.2, -0.15) is 0 Å². The zero-order valence-electron chi connectivity index (χ0n) is 20.5. The second kappa shape index (κ2) is 17.4. The summed E-state index contributed by atoms with van der Waals surface area (Å²) in [4.78, 5) is 16.3. The molecule has 0 saturated carbocycles. The van der Waals surface area contributed by atoms with Crippen molar-refractivity contribution in [1.29, 1.82) is 0 Å². The second-order valence-electron chi connectivity index (χ2n) is 7.23. The molecule has 8 N–H and O–H groups in total. The Morgan fingerprint density at radius 2 is 1.38 bits per heavy atom. The summed E-state index contributed by atoms with van der Waals surface area (Å²) in [5.74, 6) is -0.907. The number of nitrogens with zero attached hydrogens (tertiary/aromatic N) is 2. The highest BCUT2D eigenvalue weighted by Crippen LogP contribution is 2.34. The van der Waals surface area contributed by atoms with Crippen molar-refractivity contribution in [3.8, 4) is 0 Å². The van der Waals surface area contributed by atoms with Crippen LogP contribution in [-0.2, 0) is 14.8 Å². The number of aromatic nitrogens is 1. The molecule has 0 spiro atoms. The summed E-state index contributed by atoms with van der Waals surface area (Å²) >= 11 is 0. The van der Waals surface area contributed by atoms with Crippen LogP contribution in [0.1, 0.15) is 5.56 Å². The number of pyridine rings is 1. The first-order valence-electron chi connectivity index (χ1n) is 11.3. The van der Waals surface area contributed by atoms with E-state index in [1.54, 1.807) is 30.3 Å². The van der Waals surface area contributed by atoms with Gasteiger partial charge in [0.25, 0.3) is 15.9 Å². The number of anilines is 1. The molecule has 0 fully saturated rings. The molecule has 1 aliphatic heterocycles. The molecule has 1 aromatic carbocycles. The van der Waals surface area contributed by atoms with Crippen molar-refractivity contribution in [2.75, 3.05) is 65.0 Å². The number of sulfonamides is 1. The van der Waals surface area contributed by atoms with Crippen molar-refractivity contribution in [2.24, 2.45) is 0 Å². The van der Waals surface area contributed by atoms with Gasteiger partial charge in [-0.3, -0.25) is 9.10 Å². The highest BCUT2D eigenvalue weighted by Gasteiger charge is 2.37. The number of rotatable bonds is 10. The number of carbonyl (C=O) groups excluding carboxylic acids is 1. The van der Waals surface area contributed by atoms with Crippen LogP contribution in [0.5, 0.6) is 0 Å². The molecule has 1 aliphatic rings. The summed E-state index contributed by atoms with van der Waals surface area (Å²) in [7, 11) is -2.69. The second-order valence-corrected chi connectivity index (χ2v) is 9.17. The van der Waals surface area contributed by atoms with Gasteiger partial charge in [-0.1, -0.05) is 18.2 Å². The van der Waals surface area contributed by atoms with Crippen LogP contribution in [0.25, 0.3) is 5.76 Å². The number of benzene rings is 1. The van der Waals surface area contributed by atoms with E-state index in [1.807, 2.05) is 0 Å². The van der Waals surface area contributed by atoms with Gasteiger partial charge >= 0.3 is 0 Å². The minimum atomic E-state index is -3.91. The Bertz CT molecular complexity index is 1070. The monoisotopic (exact) mass is 541 g/mol. The largest absolute Gasteiger partial charge is 0.505 e. The smallest absolute Gasteiger partial charge is 0.277 e. The van der Waals surface area contributed by atoms with Gasteiger partial charge in [0.15, 0.2) is 11.5 Å². The van der Waals surface area contributed by atoms with Crippen molar-refractivity contribution < 1.29 is 38.7 Å². The fourth-order valence-electron chi connectivity index (χ4n) is 2.86. The third kappa shape index (κ3) is 10.0. The summed E-state index contributed by atoms with van der Waals surface area (Å²) in [6, 6.07) is 10.9. The number of aliphatic hydroxyl groups excluding tert-OH is 5. The quantitative estimate of drug-likeness (QED) is 0.166. The maximum atomic E-state index is 12.5. The van der Waals surface area contributed by atoms with Crippen molar-refractivity contribution in [2.45, 2.75) is 4.90 Å². The Balaban J connectivity index is 0.000000404. The van der Waals surface area contributed by atoms with Crippen LogP contribution < -0.4 is 16.0 Å². The molecule has 37 heavy (non-hydrogen) atoms. The van der Waals surface area contributed by atoms with Crippen molar-refractivity contribution in [3.63, 3.8) is 0 Å². The third-order valence-corrected chi connectivity index (χ3v) is 6.41. The van der Waals surface area contributed by atoms with Gasteiger partial charge in [0.1, 0.15) is 5.82 Å². The van der Waals surface area contributed by atoms with E-state index in [1.165, 1.54) is 25.4 Å². The number of fused-ring (bicyclic) bond motifs is 1. The number of amides is 1. The maximum absolute atomic E-state index is 12.5. The molecule has 2 aromatic rings. The molecule has 14 heteroatoms. The van der Waals surface area contributed by atoms with Crippen LogP contribution in [0.2, 0.25) is 0 Å². The van der Waals surface area contributed by atoms with Crippen LogP contribution in [0.15, 0.2) is 59.3 Å². The molecule has 13 nitrogen and oxygen atoms in total. The highest BCUT2D eigenvalue weighted by atomic mass is 32.2. The fourth-order valence-corrected chi connectivity index (χ4v) is 4.26. The van der Waals surface area contributed by atoms with Crippen LogP contribution in [-0.4, -0.2) is 109 Å². The molecule has 1 amide bonds. The van der Waals surface area contributed by atoms with Crippen molar-refractivity contribution in [3.05, 3.63) is 59.9 Å². The highest BCUT2D eigenvalue weighted by molar-refractivity contribution is 7.89. The van der Waals surface area contributed by atoms with E-state index >= 15 is 0 Å². The number of carbonyl (C=O) groups is 1. The van der Waals surface area contributed by atoms with Crippen LogP contribution in [0, 0.1) is 0 Å². The lowest BCUT2D eigenvalue weighted by Gasteiger charge is -2.28. The van der Waals surface area contributed by atoms with E-state index in [0.29, 0.717) is 26.2 Å². The Morgan fingerprint density at radius 1 is 0.865 bits per heavy atom. The van der Waals surface area contributed by atoms with Gasteiger partial charge in [0, 0.05) is 45.0 Å². The molecular weight excluding hydrogens is 506 g/mol. The minimum Gasteiger partial charge on any atom is -0.505 e. The van der Waals surface area contributed by atoms with E-state index in [4.69, 9.17) is 20.4 Å². The Labute approximate surface area is 216 Å². The predicted octanol–water partition coefficient (Wildman–Crippen LogP) is -1.30. The molecule has 0 radical (unpaired) electrons. The zero-order valence-corrected chi connectivity index (χ0v) is 21.4. The summed E-state index contributed by atoms with van der Waals surface area (Å²) in [6.45, 7) is 2.84. The van der Waals surface area contributed by atoms with E-state index in [2.05, 4.69) is 20.9 Å². The molecule has 0 aliphatic carbocycles. The number of likely N-dealkylation sites (N-methyl/N-ethyl adjacent to an activating group) is 1. The van der Waals surface area contributed by atoms with Gasteiger partial charge < -0.3 is 41.5 Å². The molecule has 0 unspecified atom stereocenters. The SMILES string of the molecule is CN1C(C(=O)Nc2ccccn2)=C(O)c2ccccc2S1(=O)=O.OCCNCCO.OCCNCCO. The average molecular weight is 542 g/mol. The molecule has 206 valence electrons. The van der Waals surface area contributed by atoms with Gasteiger partial charge in [0.2, 0.25) is 0 Å². The summed E-state index contributed by atoms with van der Waals surface area (Å²) < 4.78 is 25.8. The van der Waals surface area contributed by atoms with Gasteiger partial charge in [-0.05, 0) is 24.3 Å². The van der Waals surface area contributed by atoms with Gasteiger partial charge in [-0.25, -0.2) is 13.4 Å². The first-order chi connectivity index (χ1) is 17.8. The minimum absolute atomic E-state index is 0.0469. The average Bonchev–Trinajstić information content (AvgIpc) is 2.90. The Hall–Kier alpha value is -3.11. The number of hydrogen-bond acceptors (Lipinski definition) is 11. The van der Waals surface area contributed by atoms with E-state index in [-0.39, 0.29) is 48.4 Å². The maximum Gasteiger partial charge on any atom is 0.277 e. The normalized spacial score (nSPS) is 13.5. The van der Waals surface area contributed by atoms with Crippen molar-refractivity contribution >= 4 is 27.5 Å². The van der Waals surface area contributed by atoms with E-state index < -0.39 is 21.7 Å². The number of hydrogen-bond donors (Lipinski definition) is 8. The third-order valence-electron chi connectivity index (χ3n) is 4.60. The molecular formula is C23H35N5O8S. The lowest BCUT2D eigenvalue weighted by Crippen LogP contribution is -2.37. The van der Waals surface area contributed by atoms with Crippen LogP contribution >= 0.6 is 0 Å². The first kappa shape index (κ1) is 31.9. The molecule has 3 rings (SSSR count). The van der Waals surface area contributed by atoms with Gasteiger partial charge in [-0.15, -0.1) is 0 Å². The number of aliphatic hydroxyl groups is 5. The van der Waals surface area contributed by atoms with Crippen molar-refractivity contribution in [1.82, 2.24) is 19.9 Å². The molecule has 1 aromatic heterocycles. The van der Waals surface area contributed by atoms with Crippen LogP contribution in [0.3, 0.4) is 0 Å². The number of nitrogens with one attached hydrogen (secondary N) is 3. The molecule has 0 atom stereocenters.